The van der Waals surface area contributed by atoms with Crippen molar-refractivity contribution in [1.29, 1.82) is 0 Å². The molecule has 0 radical (unpaired) electrons. The highest BCUT2D eigenvalue weighted by Gasteiger charge is 2.24. The van der Waals surface area contributed by atoms with Crippen LogP contribution in [0.5, 0.6) is 11.5 Å². The van der Waals surface area contributed by atoms with E-state index in [0.717, 1.165) is 43.2 Å². The number of nitrogens with zero attached hydrogens (tertiary/aromatic N) is 3. The van der Waals surface area contributed by atoms with Crippen LogP contribution in [0.25, 0.3) is 11.0 Å². The lowest BCUT2D eigenvalue weighted by Crippen LogP contribution is -2.31. The number of benzene rings is 2. The van der Waals surface area contributed by atoms with Gasteiger partial charge in [0.1, 0.15) is 5.21 Å². The lowest BCUT2D eigenvalue weighted by atomic mass is 10.2. The fourth-order valence-electron chi connectivity index (χ4n) is 3.20. The topological polar surface area (TPSA) is 80.3 Å². The minimum atomic E-state index is -0.392. The van der Waals surface area contributed by atoms with Crippen LogP contribution in [0.1, 0.15) is 62.7 Å². The smallest absolute Gasteiger partial charge is 0.366 e. The molecule has 0 fully saturated rings. The SMILES string of the molecule is CCCCCOc1ccc(C(=O)n2n[n+]([O-])c3ccccc32)cc1OCCCCC. The van der Waals surface area contributed by atoms with Crippen molar-refractivity contribution in [2.24, 2.45) is 0 Å². The predicted molar refractivity (Wildman–Crippen MR) is 115 cm³/mol. The van der Waals surface area contributed by atoms with Gasteiger partial charge < -0.3 is 14.7 Å². The molecule has 0 amide bonds. The van der Waals surface area contributed by atoms with Crippen LogP contribution in [0.3, 0.4) is 0 Å². The average Bonchev–Trinajstić information content (AvgIpc) is 3.11. The van der Waals surface area contributed by atoms with E-state index >= 15 is 0 Å². The average molecular weight is 412 g/mol. The Morgan fingerprint density at radius 2 is 1.63 bits per heavy atom. The Kier molecular flexibility index (Phi) is 7.65. The molecular formula is C23H29N3O4. The molecule has 0 aliphatic heterocycles. The van der Waals surface area contributed by atoms with Crippen LogP contribution < -0.4 is 14.3 Å². The maximum absolute atomic E-state index is 13.1. The van der Waals surface area contributed by atoms with Gasteiger partial charge in [0.15, 0.2) is 11.5 Å². The lowest BCUT2D eigenvalue weighted by Gasteiger charge is -2.13. The normalized spacial score (nSPS) is 11.0. The number of carbonyl (C=O) groups is 1. The summed E-state index contributed by atoms with van der Waals surface area (Å²) in [7, 11) is 0. The van der Waals surface area contributed by atoms with Gasteiger partial charge in [-0.1, -0.05) is 56.3 Å². The second-order valence-corrected chi connectivity index (χ2v) is 7.24. The highest BCUT2D eigenvalue weighted by Crippen LogP contribution is 2.29. The largest absolute Gasteiger partial charge is 0.691 e. The molecule has 3 aromatic rings. The van der Waals surface area contributed by atoms with Crippen molar-refractivity contribution in [3.63, 3.8) is 0 Å². The minimum Gasteiger partial charge on any atom is -0.691 e. The maximum atomic E-state index is 13.1. The van der Waals surface area contributed by atoms with Crippen LogP contribution in [-0.2, 0) is 0 Å². The molecule has 2 aromatic carbocycles. The van der Waals surface area contributed by atoms with Crippen LogP contribution in [0.2, 0.25) is 0 Å². The molecule has 0 atom stereocenters. The maximum Gasteiger partial charge on any atom is 0.366 e. The van der Waals surface area contributed by atoms with Crippen molar-refractivity contribution in [2.45, 2.75) is 52.4 Å². The molecule has 0 saturated heterocycles. The second kappa shape index (κ2) is 10.6. The van der Waals surface area contributed by atoms with Crippen LogP contribution in [0.15, 0.2) is 42.5 Å². The Bertz CT molecular complexity index is 984. The minimum absolute atomic E-state index is 0.345. The van der Waals surface area contributed by atoms with Gasteiger partial charge in [-0.2, -0.15) is 0 Å². The van der Waals surface area contributed by atoms with Crippen LogP contribution in [-0.4, -0.2) is 29.0 Å². The number of unbranched alkanes of at least 4 members (excludes halogenated alkanes) is 4. The molecule has 3 rings (SSSR count). The van der Waals surface area contributed by atoms with Gasteiger partial charge in [-0.3, -0.25) is 0 Å². The molecule has 0 saturated carbocycles. The Morgan fingerprint density at radius 1 is 0.967 bits per heavy atom. The number of aromatic nitrogens is 3. The summed E-state index contributed by atoms with van der Waals surface area (Å²) >= 11 is 0. The van der Waals surface area contributed by atoms with Crippen molar-refractivity contribution in [2.75, 3.05) is 13.2 Å². The zero-order valence-corrected chi connectivity index (χ0v) is 17.7. The molecule has 0 N–H and O–H groups in total. The number of carbonyl (C=O) groups excluding carboxylic acids is 1. The summed E-state index contributed by atoms with van der Waals surface area (Å²) in [4.78, 5) is 13.5. The van der Waals surface area contributed by atoms with E-state index in [9.17, 15) is 10.0 Å². The van der Waals surface area contributed by atoms with Crippen molar-refractivity contribution in [1.82, 2.24) is 9.90 Å². The standard InChI is InChI=1S/C23H29N3O4/c1-3-5-9-15-29-21-14-13-18(17-22(21)30-16-10-6-4-2)23(27)25-19-11-7-8-12-20(19)26(28)24-25/h7-8,11-14,17H,3-6,9-10,15-16H2,1-2H3. The summed E-state index contributed by atoms with van der Waals surface area (Å²) < 4.78 is 13.0. The second-order valence-electron chi connectivity index (χ2n) is 7.24. The Morgan fingerprint density at radius 3 is 2.33 bits per heavy atom. The number of hydrogen-bond donors (Lipinski definition) is 0. The summed E-state index contributed by atoms with van der Waals surface area (Å²) in [5.74, 6) is 0.778. The monoisotopic (exact) mass is 411 g/mol. The van der Waals surface area contributed by atoms with Crippen LogP contribution in [0, 0.1) is 5.21 Å². The molecule has 7 heteroatoms. The predicted octanol–water partition coefficient (Wildman–Crippen LogP) is 4.50. The number of ether oxygens (including phenoxy) is 2. The van der Waals surface area contributed by atoms with E-state index in [0.29, 0.717) is 46.2 Å². The highest BCUT2D eigenvalue weighted by molar-refractivity contribution is 6.00. The number of para-hydroxylation sites is 2. The van der Waals surface area contributed by atoms with E-state index in [4.69, 9.17) is 9.47 Å². The van der Waals surface area contributed by atoms with Crippen molar-refractivity contribution < 1.29 is 19.1 Å². The number of rotatable bonds is 11. The first-order valence-electron chi connectivity index (χ1n) is 10.7. The summed E-state index contributed by atoms with van der Waals surface area (Å²) in [6.45, 7) is 5.44. The van der Waals surface area contributed by atoms with Crippen molar-refractivity contribution >= 4 is 16.9 Å². The Hall–Kier alpha value is -3.09. The summed E-state index contributed by atoms with van der Waals surface area (Å²) in [6.07, 6.45) is 6.30. The van der Waals surface area contributed by atoms with Crippen LogP contribution >= 0.6 is 0 Å². The van der Waals surface area contributed by atoms with Crippen LogP contribution in [0.4, 0.5) is 0 Å². The zero-order valence-electron chi connectivity index (χ0n) is 17.7. The third kappa shape index (κ3) is 5.09. The Balaban J connectivity index is 1.85. The third-order valence-corrected chi connectivity index (χ3v) is 4.88. The molecule has 0 bridgehead atoms. The van der Waals surface area contributed by atoms with E-state index < -0.39 is 5.91 Å². The summed E-state index contributed by atoms with van der Waals surface area (Å²) in [5.41, 5.74) is 1.19. The molecule has 0 aliphatic rings. The molecule has 7 nitrogen and oxygen atoms in total. The van der Waals surface area contributed by atoms with Gasteiger partial charge in [-0.25, -0.2) is 4.79 Å². The Labute approximate surface area is 176 Å². The fourth-order valence-corrected chi connectivity index (χ4v) is 3.20. The molecule has 0 spiro atoms. The van der Waals surface area contributed by atoms with Gasteiger partial charge in [0.25, 0.3) is 0 Å². The first kappa shape index (κ1) is 21.6. The molecular weight excluding hydrogens is 382 g/mol. The number of hydrogen-bond acceptors (Lipinski definition) is 5. The molecule has 160 valence electrons. The van der Waals surface area contributed by atoms with Gasteiger partial charge in [-0.15, -0.1) is 4.85 Å². The van der Waals surface area contributed by atoms with E-state index in [-0.39, 0.29) is 0 Å². The first-order chi connectivity index (χ1) is 14.7. The van der Waals surface area contributed by atoms with E-state index in [2.05, 4.69) is 19.1 Å². The summed E-state index contributed by atoms with van der Waals surface area (Å²) in [6, 6.07) is 11.9. The quantitative estimate of drug-likeness (QED) is 0.264. The van der Waals surface area contributed by atoms with Gasteiger partial charge in [0.2, 0.25) is 11.0 Å². The van der Waals surface area contributed by atoms with E-state index in [1.54, 1.807) is 42.5 Å². The van der Waals surface area contributed by atoms with Gasteiger partial charge in [0, 0.05) is 0 Å². The summed E-state index contributed by atoms with van der Waals surface area (Å²) in [5, 5.41) is 15.8. The number of fused-ring (bicyclic) bond motifs is 1. The molecule has 0 aliphatic carbocycles. The van der Waals surface area contributed by atoms with E-state index in [1.807, 2.05) is 0 Å². The van der Waals surface area contributed by atoms with Crippen molar-refractivity contribution in [3.05, 3.63) is 53.2 Å². The zero-order chi connectivity index (χ0) is 21.3. The third-order valence-electron chi connectivity index (χ3n) is 4.88. The molecule has 30 heavy (non-hydrogen) atoms. The van der Waals surface area contributed by atoms with E-state index in [1.165, 1.54) is 0 Å². The fraction of sp³-hybridized carbons (Fsp3) is 0.435. The molecule has 1 aromatic heterocycles. The highest BCUT2D eigenvalue weighted by atomic mass is 16.5. The van der Waals surface area contributed by atoms with Gasteiger partial charge in [-0.05, 0) is 43.2 Å². The van der Waals surface area contributed by atoms with Gasteiger partial charge in [0.05, 0.1) is 18.8 Å². The first-order valence-corrected chi connectivity index (χ1v) is 10.7. The molecule has 1 heterocycles. The lowest BCUT2D eigenvalue weighted by molar-refractivity contribution is -0.645. The van der Waals surface area contributed by atoms with Gasteiger partial charge >= 0.3 is 5.91 Å². The van der Waals surface area contributed by atoms with Crippen molar-refractivity contribution in [3.8, 4) is 11.5 Å². The molecule has 0 unspecified atom stereocenters.